The molecule has 4 amide bonds. The molecule has 0 aromatic heterocycles. The third-order valence-corrected chi connectivity index (χ3v) is 7.49. The number of imide groups is 1. The fraction of sp³-hybridized carbons (Fsp3) is 0.348. The molecule has 0 unspecified atom stereocenters. The summed E-state index contributed by atoms with van der Waals surface area (Å²) in [5, 5.41) is 3.34. The molecule has 0 spiro atoms. The van der Waals surface area contributed by atoms with Gasteiger partial charge in [0, 0.05) is 18.7 Å². The Morgan fingerprint density at radius 1 is 1.15 bits per heavy atom. The molecule has 2 heterocycles. The van der Waals surface area contributed by atoms with E-state index in [1.165, 1.54) is 24.3 Å². The molecule has 0 saturated carbocycles. The molecule has 34 heavy (non-hydrogen) atoms. The lowest BCUT2D eigenvalue weighted by Crippen LogP contribution is -2.48. The monoisotopic (exact) mass is 486 g/mol. The lowest BCUT2D eigenvalue weighted by Gasteiger charge is -2.25. The number of hydrogen-bond donors (Lipinski definition) is 3. The van der Waals surface area contributed by atoms with Crippen molar-refractivity contribution in [3.8, 4) is 0 Å². The van der Waals surface area contributed by atoms with Crippen LogP contribution in [0.2, 0.25) is 0 Å². The van der Waals surface area contributed by atoms with Gasteiger partial charge >= 0.3 is 6.03 Å². The van der Waals surface area contributed by atoms with Crippen molar-refractivity contribution in [2.24, 2.45) is 0 Å². The zero-order valence-corrected chi connectivity index (χ0v) is 19.4. The van der Waals surface area contributed by atoms with Crippen LogP contribution < -0.4 is 15.5 Å². The first-order chi connectivity index (χ1) is 16.3. The standard InChI is InChI=1S/C23H26N4O6S/c1-2-23(17-7-4-3-5-8-17)21(29)27(22(30)25-23)26-20(28)16-10-12-19(13-11-16)34(31,32)24-15-18-9-6-14-33-18/h3-5,7-8,10-13,18,24H,2,6,9,14-15H2,1H3,(H,25,30)(H,26,28)/t18-,23+/m0/s1. The maximum Gasteiger partial charge on any atom is 0.344 e. The molecular formula is C23H26N4O6S. The first kappa shape index (κ1) is 23.9. The van der Waals surface area contributed by atoms with E-state index in [0.29, 0.717) is 23.6 Å². The Labute approximate surface area is 197 Å². The van der Waals surface area contributed by atoms with Gasteiger partial charge in [-0.1, -0.05) is 37.3 Å². The van der Waals surface area contributed by atoms with Gasteiger partial charge in [0.15, 0.2) is 0 Å². The quantitative estimate of drug-likeness (QED) is 0.486. The van der Waals surface area contributed by atoms with Gasteiger partial charge in [0.2, 0.25) is 10.0 Å². The van der Waals surface area contributed by atoms with Crippen LogP contribution in [0.1, 0.15) is 42.1 Å². The molecule has 2 fully saturated rings. The van der Waals surface area contributed by atoms with Crippen LogP contribution in [0.3, 0.4) is 0 Å². The Morgan fingerprint density at radius 2 is 1.85 bits per heavy atom. The summed E-state index contributed by atoms with van der Waals surface area (Å²) >= 11 is 0. The molecule has 180 valence electrons. The van der Waals surface area contributed by atoms with Gasteiger partial charge in [-0.2, -0.15) is 5.01 Å². The second-order valence-electron chi connectivity index (χ2n) is 8.15. The van der Waals surface area contributed by atoms with Crippen molar-refractivity contribution in [3.63, 3.8) is 0 Å². The SMILES string of the molecule is CC[C@]1(c2ccccc2)NC(=O)N(NC(=O)c2ccc(S(=O)(=O)NC[C@@H]3CCCO3)cc2)C1=O. The summed E-state index contributed by atoms with van der Waals surface area (Å²) in [6.45, 7) is 2.57. The van der Waals surface area contributed by atoms with Crippen LogP contribution >= 0.6 is 0 Å². The maximum atomic E-state index is 13.1. The predicted octanol–water partition coefficient (Wildman–Crippen LogP) is 1.65. The molecule has 2 aliphatic heterocycles. The highest BCUT2D eigenvalue weighted by Crippen LogP contribution is 2.31. The zero-order chi connectivity index (χ0) is 24.3. The summed E-state index contributed by atoms with van der Waals surface area (Å²) in [6, 6.07) is 13.3. The minimum atomic E-state index is -3.77. The molecular weight excluding hydrogens is 460 g/mol. The number of nitrogens with zero attached hydrogens (tertiary/aromatic N) is 1. The Balaban J connectivity index is 1.44. The van der Waals surface area contributed by atoms with Gasteiger partial charge < -0.3 is 10.1 Å². The number of urea groups is 1. The third kappa shape index (κ3) is 4.54. The molecule has 10 nitrogen and oxygen atoms in total. The molecule has 2 saturated heterocycles. The molecule has 0 aliphatic carbocycles. The number of benzene rings is 2. The van der Waals surface area contributed by atoms with Crippen molar-refractivity contribution in [2.75, 3.05) is 13.2 Å². The zero-order valence-electron chi connectivity index (χ0n) is 18.6. The van der Waals surface area contributed by atoms with E-state index in [1.807, 2.05) is 0 Å². The minimum Gasteiger partial charge on any atom is -0.377 e. The summed E-state index contributed by atoms with van der Waals surface area (Å²) < 4.78 is 32.9. The van der Waals surface area contributed by atoms with Gasteiger partial charge in [0.05, 0.1) is 11.0 Å². The van der Waals surface area contributed by atoms with E-state index < -0.39 is 33.4 Å². The predicted molar refractivity (Wildman–Crippen MR) is 122 cm³/mol. The van der Waals surface area contributed by atoms with Gasteiger partial charge in [-0.15, -0.1) is 0 Å². The highest BCUT2D eigenvalue weighted by molar-refractivity contribution is 7.89. The van der Waals surface area contributed by atoms with E-state index >= 15 is 0 Å². The molecule has 2 aliphatic rings. The Hall–Kier alpha value is -3.28. The molecule has 11 heteroatoms. The molecule has 2 atom stereocenters. The number of hydrogen-bond acceptors (Lipinski definition) is 6. The van der Waals surface area contributed by atoms with Crippen molar-refractivity contribution in [1.29, 1.82) is 0 Å². The Morgan fingerprint density at radius 3 is 2.47 bits per heavy atom. The third-order valence-electron chi connectivity index (χ3n) is 6.05. The number of ether oxygens (including phenoxy) is 1. The van der Waals surface area contributed by atoms with Crippen LogP contribution in [0.25, 0.3) is 0 Å². The van der Waals surface area contributed by atoms with E-state index in [1.54, 1.807) is 37.3 Å². The molecule has 0 radical (unpaired) electrons. The van der Waals surface area contributed by atoms with Crippen LogP contribution in [0, 0.1) is 0 Å². The number of carbonyl (C=O) groups excluding carboxylic acids is 3. The average molecular weight is 487 g/mol. The fourth-order valence-corrected chi connectivity index (χ4v) is 5.15. The smallest absolute Gasteiger partial charge is 0.344 e. The van der Waals surface area contributed by atoms with Crippen molar-refractivity contribution in [1.82, 2.24) is 20.5 Å². The van der Waals surface area contributed by atoms with E-state index in [4.69, 9.17) is 4.74 Å². The first-order valence-electron chi connectivity index (χ1n) is 11.0. The van der Waals surface area contributed by atoms with Crippen LogP contribution in [-0.2, 0) is 25.1 Å². The number of rotatable bonds is 8. The van der Waals surface area contributed by atoms with Crippen LogP contribution in [0.5, 0.6) is 0 Å². The van der Waals surface area contributed by atoms with Crippen molar-refractivity contribution >= 4 is 27.9 Å². The molecule has 0 bridgehead atoms. The maximum absolute atomic E-state index is 13.1. The lowest BCUT2D eigenvalue weighted by molar-refractivity contribution is -0.133. The summed E-state index contributed by atoms with van der Waals surface area (Å²) in [4.78, 5) is 38.4. The van der Waals surface area contributed by atoms with Crippen molar-refractivity contribution in [2.45, 2.75) is 42.7 Å². The topological polar surface area (TPSA) is 134 Å². The summed E-state index contributed by atoms with van der Waals surface area (Å²) in [5.41, 5.74) is 1.74. The number of hydrazine groups is 1. The first-order valence-corrected chi connectivity index (χ1v) is 12.5. The molecule has 4 rings (SSSR count). The van der Waals surface area contributed by atoms with Gasteiger partial charge in [0.25, 0.3) is 11.8 Å². The van der Waals surface area contributed by atoms with E-state index in [0.717, 1.165) is 12.8 Å². The summed E-state index contributed by atoms with van der Waals surface area (Å²) in [7, 11) is -3.77. The van der Waals surface area contributed by atoms with E-state index in [2.05, 4.69) is 15.5 Å². The van der Waals surface area contributed by atoms with Crippen LogP contribution in [-0.4, -0.2) is 50.5 Å². The number of nitrogens with one attached hydrogen (secondary N) is 3. The fourth-order valence-electron chi connectivity index (χ4n) is 4.08. The molecule has 2 aromatic carbocycles. The number of carbonyl (C=O) groups is 3. The molecule has 3 N–H and O–H groups in total. The van der Waals surface area contributed by atoms with E-state index in [9.17, 15) is 22.8 Å². The lowest BCUT2D eigenvalue weighted by atomic mass is 9.87. The van der Waals surface area contributed by atoms with Gasteiger partial charge in [-0.3, -0.25) is 15.0 Å². The van der Waals surface area contributed by atoms with Crippen molar-refractivity contribution < 1.29 is 27.5 Å². The highest BCUT2D eigenvalue weighted by Gasteiger charge is 2.52. The highest BCUT2D eigenvalue weighted by atomic mass is 32.2. The van der Waals surface area contributed by atoms with Crippen LogP contribution in [0.15, 0.2) is 59.5 Å². The van der Waals surface area contributed by atoms with Crippen molar-refractivity contribution in [3.05, 3.63) is 65.7 Å². The Kier molecular flexibility index (Phi) is 6.69. The van der Waals surface area contributed by atoms with Crippen LogP contribution in [0.4, 0.5) is 4.79 Å². The second-order valence-corrected chi connectivity index (χ2v) is 9.91. The largest absolute Gasteiger partial charge is 0.377 e. The Bertz CT molecular complexity index is 1180. The average Bonchev–Trinajstić information content (AvgIpc) is 3.46. The van der Waals surface area contributed by atoms with E-state index in [-0.39, 0.29) is 23.1 Å². The number of amides is 4. The van der Waals surface area contributed by atoms with Gasteiger partial charge in [-0.25, -0.2) is 17.9 Å². The summed E-state index contributed by atoms with van der Waals surface area (Å²) in [6.07, 6.45) is 1.85. The normalized spacial score (nSPS) is 22.6. The summed E-state index contributed by atoms with van der Waals surface area (Å²) in [5.74, 6) is -1.32. The number of sulfonamides is 1. The second kappa shape index (κ2) is 9.53. The van der Waals surface area contributed by atoms with Gasteiger partial charge in [-0.05, 0) is 49.1 Å². The molecule has 2 aromatic rings. The van der Waals surface area contributed by atoms with Gasteiger partial charge in [0.1, 0.15) is 5.54 Å². The minimum absolute atomic E-state index is 0.00823.